The van der Waals surface area contributed by atoms with E-state index in [1.165, 1.54) is 50.8 Å². The Balaban J connectivity index is 0.000000277. The molecule has 1 aliphatic carbocycles. The lowest BCUT2D eigenvalue weighted by Crippen LogP contribution is -2.13. The van der Waals surface area contributed by atoms with Crippen LogP contribution in [0.3, 0.4) is 0 Å². The highest BCUT2D eigenvalue weighted by Crippen LogP contribution is 2.32. The lowest BCUT2D eigenvalue weighted by molar-refractivity contribution is -0.137. The molecule has 1 heterocycles. The quantitative estimate of drug-likeness (QED) is 0.656. The molecule has 4 heteroatoms. The molecule has 0 aromatic carbocycles. The van der Waals surface area contributed by atoms with E-state index in [-0.39, 0.29) is 12.0 Å². The summed E-state index contributed by atoms with van der Waals surface area (Å²) in [4.78, 5) is 24.4. The lowest BCUT2D eigenvalue weighted by atomic mass is 9.83. The molecule has 4 nitrogen and oxygen atoms in total. The van der Waals surface area contributed by atoms with Crippen molar-refractivity contribution in [1.29, 1.82) is 0 Å². The van der Waals surface area contributed by atoms with E-state index in [4.69, 9.17) is 5.11 Å². The Morgan fingerprint density at radius 2 is 1.96 bits per heavy atom. The first-order valence-corrected chi connectivity index (χ1v) is 8.39. The Labute approximate surface area is 138 Å². The average molecular weight is 317 g/mol. The number of nitrogens with zero attached hydrogens (tertiary/aromatic N) is 1. The zero-order valence-electron chi connectivity index (χ0n) is 13.7. The van der Waals surface area contributed by atoms with Crippen molar-refractivity contribution < 1.29 is 9.90 Å². The van der Waals surface area contributed by atoms with Crippen molar-refractivity contribution in [2.75, 3.05) is 0 Å². The van der Waals surface area contributed by atoms with Crippen LogP contribution in [0.1, 0.15) is 51.4 Å². The van der Waals surface area contributed by atoms with Gasteiger partial charge in [-0.2, -0.15) is 0 Å². The third-order valence-electron chi connectivity index (χ3n) is 4.25. The molecule has 1 fully saturated rings. The third-order valence-corrected chi connectivity index (χ3v) is 4.25. The van der Waals surface area contributed by atoms with Crippen LogP contribution in [-0.2, 0) is 4.79 Å². The van der Waals surface area contributed by atoms with Crippen molar-refractivity contribution in [3.8, 4) is 0 Å². The number of rotatable bonds is 5. The zero-order valence-corrected chi connectivity index (χ0v) is 13.7. The molecule has 1 unspecified atom stereocenters. The van der Waals surface area contributed by atoms with Crippen LogP contribution in [-0.4, -0.2) is 16.1 Å². The molecule has 23 heavy (non-hydrogen) atoms. The smallest absolute Gasteiger partial charge is 0.303 e. The maximum Gasteiger partial charge on any atom is 0.303 e. The normalized spacial score (nSPS) is 16.3. The molecule has 0 saturated heterocycles. The highest BCUT2D eigenvalue weighted by Gasteiger charge is 2.20. The summed E-state index contributed by atoms with van der Waals surface area (Å²) in [5.41, 5.74) is -0.199. The van der Waals surface area contributed by atoms with E-state index in [0.717, 1.165) is 6.42 Å². The highest BCUT2D eigenvalue weighted by atomic mass is 16.4. The summed E-state index contributed by atoms with van der Waals surface area (Å²) in [5.74, 6) is 0.416. The molecule has 1 aromatic heterocycles. The summed E-state index contributed by atoms with van der Waals surface area (Å²) in [5, 5.41) is 8.68. The van der Waals surface area contributed by atoms with Gasteiger partial charge >= 0.3 is 5.97 Å². The Bertz CT molecular complexity index is 500. The van der Waals surface area contributed by atoms with Gasteiger partial charge in [-0.1, -0.05) is 43.9 Å². The predicted octanol–water partition coefficient (Wildman–Crippen LogP) is 4.07. The van der Waals surface area contributed by atoms with Gasteiger partial charge in [0.1, 0.15) is 0 Å². The molecule has 1 aromatic rings. The van der Waals surface area contributed by atoms with E-state index in [1.54, 1.807) is 18.2 Å². The van der Waals surface area contributed by atoms with Gasteiger partial charge in [-0.15, -0.1) is 6.58 Å². The molecule has 2 rings (SSSR count). The first-order valence-electron chi connectivity index (χ1n) is 8.39. The number of hydrogen-bond acceptors (Lipinski definition) is 3. The topological polar surface area (TPSA) is 67.3 Å². The van der Waals surface area contributed by atoms with Gasteiger partial charge < -0.3 is 5.11 Å². The van der Waals surface area contributed by atoms with Crippen LogP contribution in [0, 0.1) is 11.8 Å². The zero-order chi connectivity index (χ0) is 16.9. The van der Waals surface area contributed by atoms with E-state index in [2.05, 4.69) is 11.6 Å². The van der Waals surface area contributed by atoms with Gasteiger partial charge in [0, 0.05) is 18.7 Å². The Kier molecular flexibility index (Phi) is 9.60. The van der Waals surface area contributed by atoms with Crippen LogP contribution in [0.2, 0.25) is 0 Å². The Morgan fingerprint density at radius 1 is 1.26 bits per heavy atom. The third kappa shape index (κ3) is 8.91. The van der Waals surface area contributed by atoms with Crippen LogP contribution >= 0.6 is 0 Å². The van der Waals surface area contributed by atoms with Gasteiger partial charge in [0.25, 0.3) is 5.56 Å². The fraction of sp³-hybridized carbons (Fsp3) is 0.526. The second kappa shape index (κ2) is 11.6. The predicted molar refractivity (Wildman–Crippen MR) is 92.3 cm³/mol. The van der Waals surface area contributed by atoms with Crippen LogP contribution in [0.15, 0.2) is 47.9 Å². The minimum absolute atomic E-state index is 0.199. The summed E-state index contributed by atoms with van der Waals surface area (Å²) in [7, 11) is 0. The summed E-state index contributed by atoms with van der Waals surface area (Å²) < 4.78 is 0. The Hall–Kier alpha value is -1.97. The number of hydrogen-bond donors (Lipinski definition) is 1. The largest absolute Gasteiger partial charge is 0.481 e. The minimum Gasteiger partial charge on any atom is -0.481 e. The summed E-state index contributed by atoms with van der Waals surface area (Å²) in [6.07, 6.45) is 12.3. The first-order chi connectivity index (χ1) is 11.1. The SMILES string of the molecule is C=CC(CCC(=O)O)C1CCCCCC1.O=c1cccccn1. The fourth-order valence-corrected chi connectivity index (χ4v) is 2.99. The summed E-state index contributed by atoms with van der Waals surface area (Å²) >= 11 is 0. The van der Waals surface area contributed by atoms with Gasteiger partial charge in [-0.25, -0.2) is 4.98 Å². The van der Waals surface area contributed by atoms with Crippen molar-refractivity contribution in [3.05, 3.63) is 53.5 Å². The van der Waals surface area contributed by atoms with Crippen LogP contribution in [0.25, 0.3) is 0 Å². The summed E-state index contributed by atoms with van der Waals surface area (Å²) in [6.45, 7) is 3.85. The van der Waals surface area contributed by atoms with Gasteiger partial charge in [0.05, 0.1) is 0 Å². The number of carboxylic acids is 1. The maximum absolute atomic E-state index is 10.5. The number of carboxylic acid groups (broad SMARTS) is 1. The Morgan fingerprint density at radius 3 is 2.57 bits per heavy atom. The first kappa shape index (κ1) is 19.1. The van der Waals surface area contributed by atoms with Crippen molar-refractivity contribution in [1.82, 2.24) is 4.98 Å². The van der Waals surface area contributed by atoms with Crippen molar-refractivity contribution in [2.45, 2.75) is 51.4 Å². The van der Waals surface area contributed by atoms with Crippen molar-refractivity contribution in [2.24, 2.45) is 11.8 Å². The standard InChI is InChI=1S/C13H22O2.C6H5NO/c1-2-11(9-10-13(14)15)12-7-5-3-4-6-8-12;8-6-4-2-1-3-5-7-6/h2,11-12H,1,3-10H2,(H,14,15);1-5H. The molecule has 0 radical (unpaired) electrons. The summed E-state index contributed by atoms with van der Waals surface area (Å²) in [6, 6.07) is 6.55. The molecule has 126 valence electrons. The molecule has 1 aliphatic rings. The number of carbonyl (C=O) groups is 1. The van der Waals surface area contributed by atoms with Gasteiger partial charge in [-0.3, -0.25) is 9.59 Å². The molecular weight excluding hydrogens is 290 g/mol. The van der Waals surface area contributed by atoms with E-state index in [9.17, 15) is 9.59 Å². The van der Waals surface area contributed by atoms with E-state index in [0.29, 0.717) is 11.8 Å². The van der Waals surface area contributed by atoms with Crippen molar-refractivity contribution in [3.63, 3.8) is 0 Å². The van der Waals surface area contributed by atoms with Crippen LogP contribution < -0.4 is 5.56 Å². The molecule has 1 N–H and O–H groups in total. The van der Waals surface area contributed by atoms with Crippen molar-refractivity contribution >= 4 is 5.97 Å². The molecule has 0 amide bonds. The van der Waals surface area contributed by atoms with Gasteiger partial charge in [0.2, 0.25) is 0 Å². The van der Waals surface area contributed by atoms with E-state index in [1.807, 2.05) is 6.08 Å². The van der Waals surface area contributed by atoms with Crippen LogP contribution in [0.4, 0.5) is 0 Å². The molecule has 0 aliphatic heterocycles. The van der Waals surface area contributed by atoms with E-state index < -0.39 is 5.97 Å². The number of aliphatic carboxylic acids is 1. The fourth-order valence-electron chi connectivity index (χ4n) is 2.99. The van der Waals surface area contributed by atoms with Gasteiger partial charge in [-0.05, 0) is 37.2 Å². The molecule has 0 bridgehead atoms. The second-order valence-electron chi connectivity index (χ2n) is 5.94. The van der Waals surface area contributed by atoms with Gasteiger partial charge in [0.15, 0.2) is 0 Å². The maximum atomic E-state index is 10.5. The monoisotopic (exact) mass is 317 g/mol. The highest BCUT2D eigenvalue weighted by molar-refractivity contribution is 5.66. The molecular formula is C19H27NO3. The second-order valence-corrected chi connectivity index (χ2v) is 5.94. The molecule has 0 spiro atoms. The molecule has 1 atom stereocenters. The lowest BCUT2D eigenvalue weighted by Gasteiger charge is -2.22. The number of aromatic nitrogens is 1. The van der Waals surface area contributed by atoms with Crippen LogP contribution in [0.5, 0.6) is 0 Å². The molecule has 1 saturated carbocycles. The average Bonchev–Trinajstić information content (AvgIpc) is 2.93. The minimum atomic E-state index is -0.685. The van der Waals surface area contributed by atoms with E-state index >= 15 is 0 Å². The number of allylic oxidation sites excluding steroid dienone is 1.